The molecule has 7 nitrogen and oxygen atoms in total. The molecule has 1 unspecified atom stereocenters. The van der Waals surface area contributed by atoms with E-state index in [1.54, 1.807) is 0 Å². The van der Waals surface area contributed by atoms with Crippen molar-refractivity contribution in [1.82, 2.24) is 14.5 Å². The highest BCUT2D eigenvalue weighted by Crippen LogP contribution is 2.38. The van der Waals surface area contributed by atoms with Crippen LogP contribution in [0.3, 0.4) is 0 Å². The molecular weight excluding hydrogens is 356 g/mol. The highest BCUT2D eigenvalue weighted by Gasteiger charge is 2.41. The molecule has 3 heterocycles. The molecule has 138 valence electrons. The first-order valence-electron chi connectivity index (χ1n) is 8.59. The van der Waals surface area contributed by atoms with Crippen LogP contribution in [0.4, 0.5) is 5.82 Å². The standard InChI is InChI=1S/C18H21ClN4O3/c1-3-5-6-14(24)25-11-18(4-2)9-7-13(26-18)23-10-8-12-15(20)21-17(19)22-16(12)23/h2,8,10,13H,3,5-7,9,11H2,1H3,(H2,20,21,22)/t13-,18?/m1/s1. The van der Waals surface area contributed by atoms with Gasteiger partial charge in [0, 0.05) is 12.6 Å². The van der Waals surface area contributed by atoms with Crippen molar-refractivity contribution in [3.8, 4) is 12.3 Å². The molecule has 8 heteroatoms. The zero-order valence-electron chi connectivity index (χ0n) is 14.6. The van der Waals surface area contributed by atoms with Crippen LogP contribution in [0.2, 0.25) is 5.28 Å². The lowest BCUT2D eigenvalue weighted by atomic mass is 10.0. The van der Waals surface area contributed by atoms with Gasteiger partial charge in [-0.15, -0.1) is 6.42 Å². The second kappa shape index (κ2) is 7.52. The highest BCUT2D eigenvalue weighted by atomic mass is 35.5. The van der Waals surface area contributed by atoms with E-state index < -0.39 is 5.60 Å². The molecule has 0 amide bonds. The highest BCUT2D eigenvalue weighted by molar-refractivity contribution is 6.28. The maximum Gasteiger partial charge on any atom is 0.305 e. The Morgan fingerprint density at radius 1 is 1.62 bits per heavy atom. The normalized spacial score (nSPS) is 22.4. The maximum absolute atomic E-state index is 11.8. The number of carbonyl (C=O) groups excluding carboxylic acids is 1. The van der Waals surface area contributed by atoms with E-state index in [0.717, 1.165) is 12.8 Å². The van der Waals surface area contributed by atoms with Gasteiger partial charge in [-0.3, -0.25) is 4.79 Å². The van der Waals surface area contributed by atoms with Gasteiger partial charge in [0.05, 0.1) is 5.39 Å². The summed E-state index contributed by atoms with van der Waals surface area (Å²) in [5.41, 5.74) is 5.53. The summed E-state index contributed by atoms with van der Waals surface area (Å²) >= 11 is 5.92. The molecule has 2 aromatic rings. The average Bonchev–Trinajstić information content (AvgIpc) is 3.23. The number of nitrogens with zero attached hydrogens (tertiary/aromatic N) is 3. The van der Waals surface area contributed by atoms with E-state index in [4.69, 9.17) is 33.2 Å². The van der Waals surface area contributed by atoms with Crippen LogP contribution >= 0.6 is 11.6 Å². The molecule has 2 aromatic heterocycles. The number of rotatable bonds is 6. The topological polar surface area (TPSA) is 92.3 Å². The first kappa shape index (κ1) is 18.5. The van der Waals surface area contributed by atoms with Gasteiger partial charge in [-0.1, -0.05) is 19.3 Å². The summed E-state index contributed by atoms with van der Waals surface area (Å²) in [7, 11) is 0. The summed E-state index contributed by atoms with van der Waals surface area (Å²) < 4.78 is 13.3. The van der Waals surface area contributed by atoms with E-state index in [-0.39, 0.29) is 24.1 Å². The number of terminal acetylenes is 1. The number of hydrogen-bond donors (Lipinski definition) is 1. The van der Waals surface area contributed by atoms with Gasteiger partial charge in [-0.05, 0) is 36.9 Å². The zero-order valence-corrected chi connectivity index (χ0v) is 15.3. The van der Waals surface area contributed by atoms with Gasteiger partial charge in [-0.25, -0.2) is 4.98 Å². The summed E-state index contributed by atoms with van der Waals surface area (Å²) in [6.45, 7) is 2.06. The summed E-state index contributed by atoms with van der Waals surface area (Å²) in [6, 6.07) is 1.81. The largest absolute Gasteiger partial charge is 0.462 e. The third kappa shape index (κ3) is 3.62. The first-order chi connectivity index (χ1) is 12.5. The van der Waals surface area contributed by atoms with Crippen molar-refractivity contribution in [3.05, 3.63) is 17.5 Å². The quantitative estimate of drug-likeness (QED) is 0.473. The second-order valence-corrected chi connectivity index (χ2v) is 6.69. The van der Waals surface area contributed by atoms with Crippen LogP contribution in [0, 0.1) is 12.3 Å². The third-order valence-electron chi connectivity index (χ3n) is 4.50. The maximum atomic E-state index is 11.8. The minimum absolute atomic E-state index is 0.0413. The van der Waals surface area contributed by atoms with E-state index in [1.165, 1.54) is 0 Å². The number of unbranched alkanes of at least 4 members (excludes halogenated alkanes) is 1. The lowest BCUT2D eigenvalue weighted by Gasteiger charge is -2.24. The molecular formula is C18H21ClN4O3. The number of ether oxygens (including phenoxy) is 2. The zero-order chi connectivity index (χ0) is 18.7. The van der Waals surface area contributed by atoms with Crippen molar-refractivity contribution in [2.24, 2.45) is 0 Å². The molecule has 0 spiro atoms. The van der Waals surface area contributed by atoms with Crippen LogP contribution in [0.5, 0.6) is 0 Å². The van der Waals surface area contributed by atoms with E-state index in [1.807, 2.05) is 23.8 Å². The third-order valence-corrected chi connectivity index (χ3v) is 4.67. The van der Waals surface area contributed by atoms with Crippen LogP contribution in [0.1, 0.15) is 45.3 Å². The van der Waals surface area contributed by atoms with Crippen LogP contribution in [-0.2, 0) is 14.3 Å². The molecule has 3 rings (SSSR count). The Balaban J connectivity index is 1.75. The van der Waals surface area contributed by atoms with Crippen LogP contribution in [-0.4, -0.2) is 32.7 Å². The van der Waals surface area contributed by atoms with Gasteiger partial charge in [0.2, 0.25) is 5.28 Å². The molecule has 26 heavy (non-hydrogen) atoms. The smallest absolute Gasteiger partial charge is 0.305 e. The molecule has 0 aliphatic carbocycles. The van der Waals surface area contributed by atoms with Gasteiger partial charge in [0.1, 0.15) is 24.3 Å². The molecule has 2 N–H and O–H groups in total. The predicted molar refractivity (Wildman–Crippen MR) is 98.4 cm³/mol. The fourth-order valence-corrected chi connectivity index (χ4v) is 3.21. The van der Waals surface area contributed by atoms with E-state index >= 15 is 0 Å². The monoisotopic (exact) mass is 376 g/mol. The van der Waals surface area contributed by atoms with Crippen LogP contribution in [0.25, 0.3) is 11.0 Å². The molecule has 0 radical (unpaired) electrons. The molecule has 0 saturated carbocycles. The number of aromatic nitrogens is 3. The number of nitrogens with two attached hydrogens (primary N) is 1. The van der Waals surface area contributed by atoms with Crippen molar-refractivity contribution in [2.45, 2.75) is 50.9 Å². The fourth-order valence-electron chi connectivity index (χ4n) is 3.04. The number of hydrogen-bond acceptors (Lipinski definition) is 6. The molecule has 0 aromatic carbocycles. The summed E-state index contributed by atoms with van der Waals surface area (Å²) in [5, 5.41) is 0.767. The number of fused-ring (bicyclic) bond motifs is 1. The average molecular weight is 377 g/mol. The lowest BCUT2D eigenvalue weighted by Crippen LogP contribution is -2.34. The van der Waals surface area contributed by atoms with Gasteiger partial charge < -0.3 is 19.8 Å². The van der Waals surface area contributed by atoms with E-state index in [9.17, 15) is 4.79 Å². The summed E-state index contributed by atoms with van der Waals surface area (Å²) in [4.78, 5) is 20.0. The second-order valence-electron chi connectivity index (χ2n) is 6.35. The minimum atomic E-state index is -0.939. The Hall–Kier alpha value is -2.30. The van der Waals surface area contributed by atoms with Gasteiger partial charge >= 0.3 is 5.97 Å². The number of nitrogen functional groups attached to an aromatic ring is 1. The van der Waals surface area contributed by atoms with Gasteiger partial charge in [-0.2, -0.15) is 4.98 Å². The van der Waals surface area contributed by atoms with Crippen molar-refractivity contribution in [1.29, 1.82) is 0 Å². The Bertz CT molecular complexity index is 860. The van der Waals surface area contributed by atoms with Crippen molar-refractivity contribution >= 4 is 34.4 Å². The summed E-state index contributed by atoms with van der Waals surface area (Å²) in [5.74, 6) is 2.71. The Kier molecular flexibility index (Phi) is 5.35. The van der Waals surface area contributed by atoms with Gasteiger partial charge in [0.25, 0.3) is 0 Å². The number of halogens is 1. The molecule has 1 aliphatic rings. The minimum Gasteiger partial charge on any atom is -0.462 e. The van der Waals surface area contributed by atoms with E-state index in [2.05, 4.69) is 15.9 Å². The Morgan fingerprint density at radius 3 is 3.15 bits per heavy atom. The number of anilines is 1. The molecule has 1 fully saturated rings. The van der Waals surface area contributed by atoms with Crippen LogP contribution < -0.4 is 5.73 Å². The molecule has 2 atom stereocenters. The summed E-state index contributed by atoms with van der Waals surface area (Å²) in [6.07, 6.45) is 10.5. The SMILES string of the molecule is C#CC1(COC(=O)CCCC)CC[C@H](n2ccc3c(N)nc(Cl)nc32)O1. The Labute approximate surface area is 156 Å². The predicted octanol–water partition coefficient (Wildman–Crippen LogP) is 3.08. The Morgan fingerprint density at radius 2 is 2.42 bits per heavy atom. The van der Waals surface area contributed by atoms with Crippen molar-refractivity contribution in [3.63, 3.8) is 0 Å². The molecule has 1 saturated heterocycles. The fraction of sp³-hybridized carbons (Fsp3) is 0.500. The molecule has 0 bridgehead atoms. The molecule has 1 aliphatic heterocycles. The van der Waals surface area contributed by atoms with E-state index in [0.29, 0.717) is 36.1 Å². The van der Waals surface area contributed by atoms with Crippen molar-refractivity contribution < 1.29 is 14.3 Å². The number of carbonyl (C=O) groups is 1. The van der Waals surface area contributed by atoms with Crippen molar-refractivity contribution in [2.75, 3.05) is 12.3 Å². The van der Waals surface area contributed by atoms with Crippen LogP contribution in [0.15, 0.2) is 12.3 Å². The lowest BCUT2D eigenvalue weighted by molar-refractivity contribution is -0.152. The first-order valence-corrected chi connectivity index (χ1v) is 8.96. The van der Waals surface area contributed by atoms with Gasteiger partial charge in [0.15, 0.2) is 5.60 Å². The number of esters is 1.